The van der Waals surface area contributed by atoms with E-state index in [2.05, 4.69) is 22.2 Å². The highest BCUT2D eigenvalue weighted by Gasteiger charge is 2.23. The van der Waals surface area contributed by atoms with Crippen molar-refractivity contribution in [3.05, 3.63) is 35.9 Å². The molecule has 0 saturated carbocycles. The summed E-state index contributed by atoms with van der Waals surface area (Å²) in [4.78, 5) is 2.44. The number of hydrogen-bond acceptors (Lipinski definition) is 3. The maximum atomic E-state index is 8.77. The first kappa shape index (κ1) is 12.9. The Morgan fingerprint density at radius 3 is 2.50 bits per heavy atom. The molecule has 1 unspecified atom stereocenters. The van der Waals surface area contributed by atoms with Crippen molar-refractivity contribution in [3.63, 3.8) is 0 Å². The largest absolute Gasteiger partial charge is 0.409 e. The summed E-state index contributed by atoms with van der Waals surface area (Å²) in [5, 5.41) is 11.9. The molecule has 2 rings (SSSR count). The molecule has 1 atom stereocenters. The van der Waals surface area contributed by atoms with Crippen LogP contribution in [0.3, 0.4) is 0 Å². The summed E-state index contributed by atoms with van der Waals surface area (Å²) in [6.45, 7) is 2.19. The number of oxime groups is 1. The summed E-state index contributed by atoms with van der Waals surface area (Å²) in [6, 6.07) is 10.5. The van der Waals surface area contributed by atoms with Gasteiger partial charge in [0.2, 0.25) is 0 Å². The Morgan fingerprint density at radius 2 is 1.89 bits per heavy atom. The number of piperidine rings is 1. The van der Waals surface area contributed by atoms with E-state index in [9.17, 15) is 0 Å². The number of hydrogen-bond donors (Lipinski definition) is 2. The highest BCUT2D eigenvalue weighted by molar-refractivity contribution is 5.80. The smallest absolute Gasteiger partial charge is 0.141 e. The third kappa shape index (κ3) is 3.23. The lowest BCUT2D eigenvalue weighted by Crippen LogP contribution is -2.36. The molecule has 1 fully saturated rings. The summed E-state index contributed by atoms with van der Waals surface area (Å²) in [6.07, 6.45) is 4.36. The minimum atomic E-state index is 0.224. The Kier molecular flexibility index (Phi) is 4.59. The van der Waals surface area contributed by atoms with E-state index in [0.717, 1.165) is 13.1 Å². The van der Waals surface area contributed by atoms with Crippen LogP contribution in [0.15, 0.2) is 35.5 Å². The van der Waals surface area contributed by atoms with E-state index in [4.69, 9.17) is 10.9 Å². The fraction of sp³-hybridized carbons (Fsp3) is 0.500. The van der Waals surface area contributed by atoms with Crippen molar-refractivity contribution in [1.82, 2.24) is 4.90 Å². The number of nitrogens with two attached hydrogens (primary N) is 1. The van der Waals surface area contributed by atoms with E-state index in [-0.39, 0.29) is 6.04 Å². The minimum Gasteiger partial charge on any atom is -0.409 e. The van der Waals surface area contributed by atoms with Crippen molar-refractivity contribution in [2.75, 3.05) is 13.1 Å². The van der Waals surface area contributed by atoms with Crippen molar-refractivity contribution in [2.24, 2.45) is 10.9 Å². The van der Waals surface area contributed by atoms with E-state index < -0.39 is 0 Å². The summed E-state index contributed by atoms with van der Waals surface area (Å²) in [7, 11) is 0. The van der Waals surface area contributed by atoms with Crippen molar-refractivity contribution in [1.29, 1.82) is 0 Å². The van der Waals surface area contributed by atoms with Gasteiger partial charge in [0.1, 0.15) is 5.84 Å². The zero-order valence-corrected chi connectivity index (χ0v) is 10.6. The molecule has 4 heteroatoms. The van der Waals surface area contributed by atoms with Gasteiger partial charge in [-0.2, -0.15) is 0 Å². The molecule has 1 heterocycles. The highest BCUT2D eigenvalue weighted by atomic mass is 16.4. The van der Waals surface area contributed by atoms with Gasteiger partial charge in [0, 0.05) is 12.5 Å². The molecule has 4 nitrogen and oxygen atoms in total. The van der Waals surface area contributed by atoms with E-state index >= 15 is 0 Å². The molecule has 1 aromatic rings. The SMILES string of the molecule is NC(CC(c1ccccc1)N1CCCCC1)=NO. The Bertz CT molecular complexity index is 385. The molecule has 1 aliphatic heterocycles. The molecule has 0 amide bonds. The quantitative estimate of drug-likeness (QED) is 0.371. The molecule has 1 aromatic carbocycles. The first-order chi connectivity index (χ1) is 8.81. The van der Waals surface area contributed by atoms with Gasteiger partial charge in [0.25, 0.3) is 0 Å². The molecule has 98 valence electrons. The molecule has 0 aliphatic carbocycles. The van der Waals surface area contributed by atoms with Crippen LogP contribution in [0.2, 0.25) is 0 Å². The average Bonchev–Trinajstić information content (AvgIpc) is 2.46. The van der Waals surface area contributed by atoms with Crippen molar-refractivity contribution in [2.45, 2.75) is 31.7 Å². The van der Waals surface area contributed by atoms with Crippen LogP contribution in [0.1, 0.15) is 37.3 Å². The molecule has 3 N–H and O–H groups in total. The molecule has 1 aliphatic rings. The molecule has 0 radical (unpaired) electrons. The number of nitrogens with zero attached hydrogens (tertiary/aromatic N) is 2. The van der Waals surface area contributed by atoms with Crippen LogP contribution in [-0.2, 0) is 0 Å². The fourth-order valence-electron chi connectivity index (χ4n) is 2.60. The topological polar surface area (TPSA) is 61.8 Å². The van der Waals surface area contributed by atoms with Gasteiger partial charge in [-0.25, -0.2) is 0 Å². The van der Waals surface area contributed by atoms with Crippen LogP contribution in [0.25, 0.3) is 0 Å². The lowest BCUT2D eigenvalue weighted by atomic mass is 9.98. The predicted molar refractivity (Wildman–Crippen MR) is 72.6 cm³/mol. The maximum absolute atomic E-state index is 8.77. The van der Waals surface area contributed by atoms with E-state index in [1.54, 1.807) is 0 Å². The number of benzene rings is 1. The molecular weight excluding hydrogens is 226 g/mol. The van der Waals surface area contributed by atoms with Crippen LogP contribution in [0, 0.1) is 0 Å². The second kappa shape index (κ2) is 6.40. The Morgan fingerprint density at radius 1 is 1.22 bits per heavy atom. The monoisotopic (exact) mass is 247 g/mol. The van der Waals surface area contributed by atoms with Gasteiger partial charge < -0.3 is 10.9 Å². The minimum absolute atomic E-state index is 0.224. The maximum Gasteiger partial charge on any atom is 0.141 e. The normalized spacial score (nSPS) is 19.7. The highest BCUT2D eigenvalue weighted by Crippen LogP contribution is 2.27. The first-order valence-corrected chi connectivity index (χ1v) is 6.56. The third-order valence-corrected chi connectivity index (χ3v) is 3.55. The summed E-state index contributed by atoms with van der Waals surface area (Å²) in [5.41, 5.74) is 6.93. The van der Waals surface area contributed by atoms with Gasteiger partial charge in [0.15, 0.2) is 0 Å². The van der Waals surface area contributed by atoms with Gasteiger partial charge in [-0.3, -0.25) is 4.90 Å². The second-order valence-corrected chi connectivity index (χ2v) is 4.82. The fourth-order valence-corrected chi connectivity index (χ4v) is 2.60. The average molecular weight is 247 g/mol. The molecule has 0 bridgehead atoms. The molecule has 1 saturated heterocycles. The number of amidine groups is 1. The summed E-state index contributed by atoms with van der Waals surface area (Å²) < 4.78 is 0. The van der Waals surface area contributed by atoms with Crippen LogP contribution >= 0.6 is 0 Å². The lowest BCUT2D eigenvalue weighted by molar-refractivity contribution is 0.166. The predicted octanol–water partition coefficient (Wildman–Crippen LogP) is 2.35. The number of rotatable bonds is 4. The molecular formula is C14H21N3O. The van der Waals surface area contributed by atoms with Gasteiger partial charge in [-0.15, -0.1) is 0 Å². The standard InChI is InChI=1S/C14H21N3O/c15-14(16-18)11-13(12-7-3-1-4-8-12)17-9-5-2-6-10-17/h1,3-4,7-8,13,18H,2,5-6,9-11H2,(H2,15,16). The van der Waals surface area contributed by atoms with Gasteiger partial charge in [-0.05, 0) is 31.5 Å². The second-order valence-electron chi connectivity index (χ2n) is 4.82. The van der Waals surface area contributed by atoms with Crippen LogP contribution in [-0.4, -0.2) is 29.0 Å². The first-order valence-electron chi connectivity index (χ1n) is 6.56. The van der Waals surface area contributed by atoms with Crippen LogP contribution in [0.5, 0.6) is 0 Å². The van der Waals surface area contributed by atoms with Gasteiger partial charge in [0.05, 0.1) is 0 Å². The lowest BCUT2D eigenvalue weighted by Gasteiger charge is -2.34. The van der Waals surface area contributed by atoms with Crippen molar-refractivity contribution in [3.8, 4) is 0 Å². The van der Waals surface area contributed by atoms with Gasteiger partial charge >= 0.3 is 0 Å². The third-order valence-electron chi connectivity index (χ3n) is 3.55. The van der Waals surface area contributed by atoms with Gasteiger partial charge in [-0.1, -0.05) is 41.9 Å². The van der Waals surface area contributed by atoms with Crippen molar-refractivity contribution >= 4 is 5.84 Å². The van der Waals surface area contributed by atoms with Crippen LogP contribution in [0.4, 0.5) is 0 Å². The van der Waals surface area contributed by atoms with Crippen LogP contribution < -0.4 is 5.73 Å². The Labute approximate surface area is 108 Å². The zero-order chi connectivity index (χ0) is 12.8. The Balaban J connectivity index is 2.16. The Hall–Kier alpha value is -1.55. The van der Waals surface area contributed by atoms with E-state index in [0.29, 0.717) is 12.3 Å². The summed E-state index contributed by atoms with van der Waals surface area (Å²) in [5.74, 6) is 0.300. The zero-order valence-electron chi connectivity index (χ0n) is 10.6. The molecule has 0 aromatic heterocycles. The molecule has 18 heavy (non-hydrogen) atoms. The molecule has 0 spiro atoms. The van der Waals surface area contributed by atoms with E-state index in [1.165, 1.54) is 24.8 Å². The van der Waals surface area contributed by atoms with E-state index in [1.807, 2.05) is 18.2 Å². The number of likely N-dealkylation sites (tertiary alicyclic amines) is 1. The van der Waals surface area contributed by atoms with Crippen molar-refractivity contribution < 1.29 is 5.21 Å². The summed E-state index contributed by atoms with van der Waals surface area (Å²) >= 11 is 0.